The molecule has 3 amide bonds. The molecule has 0 aromatic heterocycles. The number of nitrogens with zero attached hydrogens (tertiary/aromatic N) is 1. The molecule has 236 valence electrons. The number of fused-ring (bicyclic) bond motifs is 2. The number of hydrogen-bond donors (Lipinski definition) is 3. The third kappa shape index (κ3) is 8.55. The number of carbonyl (C=O) groups is 4. The molecule has 2 heterocycles. The van der Waals surface area contributed by atoms with Gasteiger partial charge in [0.1, 0.15) is 17.5 Å². The first kappa shape index (κ1) is 32.4. The minimum absolute atomic E-state index is 0.0687. The minimum Gasteiger partial charge on any atom is -0.444 e. The van der Waals surface area contributed by atoms with Crippen LogP contribution < -0.4 is 14.8 Å². The van der Waals surface area contributed by atoms with Crippen molar-refractivity contribution >= 4 is 39.6 Å². The second-order valence-electron chi connectivity index (χ2n) is 12.6. The van der Waals surface area contributed by atoms with Crippen LogP contribution >= 0.6 is 0 Å². The summed E-state index contributed by atoms with van der Waals surface area (Å²) >= 11 is 0. The fourth-order valence-electron chi connectivity index (χ4n) is 5.80. The second kappa shape index (κ2) is 13.0. The molecule has 0 spiro atoms. The van der Waals surface area contributed by atoms with Crippen molar-refractivity contribution in [3.8, 4) is 0 Å². The number of carbonyl (C=O) groups excluding carboxylic acids is 4. The Balaban J connectivity index is 1.53. The molecule has 43 heavy (non-hydrogen) atoms. The highest BCUT2D eigenvalue weighted by molar-refractivity contribution is 7.91. The van der Waals surface area contributed by atoms with E-state index in [4.69, 9.17) is 4.74 Å². The number of allylic oxidation sites excluding steroid dienone is 2. The second-order valence-corrected chi connectivity index (χ2v) is 14.0. The van der Waals surface area contributed by atoms with Crippen molar-refractivity contribution in [2.75, 3.05) is 11.3 Å². The van der Waals surface area contributed by atoms with Gasteiger partial charge in [0.2, 0.25) is 11.8 Å². The zero-order chi connectivity index (χ0) is 31.4. The molecule has 2 fully saturated rings. The van der Waals surface area contributed by atoms with Crippen LogP contribution in [0.25, 0.3) is 0 Å². The maximum absolute atomic E-state index is 13.7. The molecule has 3 aliphatic rings. The number of anilines is 1. The van der Waals surface area contributed by atoms with Crippen LogP contribution in [0.2, 0.25) is 0 Å². The number of ether oxygens (including phenoxy) is 1. The summed E-state index contributed by atoms with van der Waals surface area (Å²) < 4.78 is 48.4. The lowest BCUT2D eigenvalue weighted by atomic mass is 9.91. The van der Waals surface area contributed by atoms with Crippen molar-refractivity contribution in [2.45, 2.75) is 96.2 Å². The van der Waals surface area contributed by atoms with Gasteiger partial charge in [0.25, 0.3) is 0 Å². The molecule has 1 aliphatic carbocycles. The molecular weight excluding hydrogens is 579 g/mol. The largest absolute Gasteiger partial charge is 0.444 e. The molecule has 0 bridgehead atoms. The van der Waals surface area contributed by atoms with Gasteiger partial charge < -0.3 is 15.0 Å². The summed E-state index contributed by atoms with van der Waals surface area (Å²) in [7, 11) is -4.37. The first-order valence-electron chi connectivity index (χ1n) is 14.8. The highest BCUT2D eigenvalue weighted by atomic mass is 32.2. The maximum atomic E-state index is 13.7. The predicted octanol–water partition coefficient (Wildman–Crippen LogP) is 3.97. The van der Waals surface area contributed by atoms with Gasteiger partial charge in [0.15, 0.2) is 5.78 Å². The molecule has 0 unspecified atom stereocenters. The van der Waals surface area contributed by atoms with Gasteiger partial charge in [-0.15, -0.1) is 0 Å². The highest BCUT2D eigenvalue weighted by Gasteiger charge is 2.61. The van der Waals surface area contributed by atoms with Crippen LogP contribution in [0.15, 0.2) is 36.4 Å². The third-order valence-electron chi connectivity index (χ3n) is 8.03. The van der Waals surface area contributed by atoms with Crippen LogP contribution in [-0.2, 0) is 29.3 Å². The van der Waals surface area contributed by atoms with Crippen molar-refractivity contribution in [1.82, 2.24) is 14.9 Å². The van der Waals surface area contributed by atoms with Crippen molar-refractivity contribution in [2.24, 2.45) is 11.3 Å². The van der Waals surface area contributed by atoms with Crippen molar-refractivity contribution < 1.29 is 36.7 Å². The number of Topliss-reactive ketones (excluding diaryl/α,β-unsaturated/α-hetero) is 1. The summed E-state index contributed by atoms with van der Waals surface area (Å²) in [6.07, 6.45) is 7.55. The number of amides is 3. The first-order valence-corrected chi connectivity index (χ1v) is 16.3. The van der Waals surface area contributed by atoms with Gasteiger partial charge in [0.05, 0.1) is 17.1 Å². The van der Waals surface area contributed by atoms with Gasteiger partial charge in [0, 0.05) is 13.0 Å². The quantitative estimate of drug-likeness (QED) is 0.422. The Bertz CT molecular complexity index is 1360. The SMILES string of the molecule is CC(C)(C)OC(=O)N[C@H]1CCCCC/C=C\[C@@H]2C[C@@]2(C(=O)NS(=O)(=O)Nc2ccc(F)cc2)CC(=O)[C@@H]2CCCN2C1=O. The van der Waals surface area contributed by atoms with E-state index >= 15 is 0 Å². The Morgan fingerprint density at radius 3 is 2.47 bits per heavy atom. The Hall–Kier alpha value is -3.48. The molecule has 1 aromatic rings. The summed E-state index contributed by atoms with van der Waals surface area (Å²) in [6.45, 7) is 5.53. The van der Waals surface area contributed by atoms with E-state index in [1.54, 1.807) is 20.8 Å². The number of halogens is 1. The lowest BCUT2D eigenvalue weighted by molar-refractivity contribution is -0.140. The van der Waals surface area contributed by atoms with E-state index in [2.05, 4.69) is 14.8 Å². The Morgan fingerprint density at radius 2 is 1.77 bits per heavy atom. The average molecular weight is 621 g/mol. The molecule has 1 saturated heterocycles. The van der Waals surface area contributed by atoms with E-state index in [9.17, 15) is 32.0 Å². The Labute approximate surface area is 252 Å². The van der Waals surface area contributed by atoms with Crippen LogP contribution in [0.4, 0.5) is 14.9 Å². The molecule has 0 radical (unpaired) electrons. The average Bonchev–Trinajstić information content (AvgIpc) is 3.36. The van der Waals surface area contributed by atoms with Crippen LogP contribution in [0.3, 0.4) is 0 Å². The maximum Gasteiger partial charge on any atom is 0.408 e. The smallest absolute Gasteiger partial charge is 0.408 e. The lowest BCUT2D eigenvalue weighted by Gasteiger charge is -2.30. The molecule has 13 heteroatoms. The van der Waals surface area contributed by atoms with Crippen LogP contribution in [0.1, 0.15) is 78.6 Å². The Kier molecular flexibility index (Phi) is 9.83. The number of benzene rings is 1. The zero-order valence-electron chi connectivity index (χ0n) is 24.9. The fourth-order valence-corrected chi connectivity index (χ4v) is 6.75. The summed E-state index contributed by atoms with van der Waals surface area (Å²) in [5.41, 5.74) is -1.96. The summed E-state index contributed by atoms with van der Waals surface area (Å²) in [5.74, 6) is -2.39. The molecular formula is C30H41FN4O7S. The van der Waals surface area contributed by atoms with Crippen molar-refractivity contribution in [1.29, 1.82) is 0 Å². The zero-order valence-corrected chi connectivity index (χ0v) is 25.7. The van der Waals surface area contributed by atoms with E-state index in [1.807, 2.05) is 12.2 Å². The van der Waals surface area contributed by atoms with Gasteiger partial charge >= 0.3 is 16.3 Å². The van der Waals surface area contributed by atoms with Gasteiger partial charge in [-0.3, -0.25) is 19.1 Å². The predicted molar refractivity (Wildman–Crippen MR) is 157 cm³/mol. The summed E-state index contributed by atoms with van der Waals surface area (Å²) in [4.78, 5) is 55.0. The van der Waals surface area contributed by atoms with Crippen LogP contribution in [0.5, 0.6) is 0 Å². The van der Waals surface area contributed by atoms with Gasteiger partial charge in [-0.05, 0) is 89.5 Å². The van der Waals surface area contributed by atoms with Crippen LogP contribution in [0, 0.1) is 17.2 Å². The van der Waals surface area contributed by atoms with Gasteiger partial charge in [-0.2, -0.15) is 8.42 Å². The van der Waals surface area contributed by atoms with E-state index in [1.165, 1.54) is 17.0 Å². The standard InChI is InChI=1S/C30H41FN4O7S/c1-29(2,3)42-28(39)32-23-11-8-6-4-5-7-10-20-18-30(20,19-25(36)24-12-9-17-35(24)26(23)37)27(38)34-43(40,41)33-22-15-13-21(31)14-16-22/h7,10,13-16,20,23-24,33H,4-6,8-9,11-12,17-19H2,1-3H3,(H,32,39)(H,34,38)/b10-7-/t20-,23+,24+,30-/m1/s1. The molecule has 4 rings (SSSR count). The number of ketones is 1. The number of nitrogens with one attached hydrogen (secondary N) is 3. The number of rotatable bonds is 5. The topological polar surface area (TPSA) is 151 Å². The third-order valence-corrected chi connectivity index (χ3v) is 8.99. The van der Waals surface area contributed by atoms with E-state index in [0.717, 1.165) is 25.0 Å². The number of hydrogen-bond acceptors (Lipinski definition) is 7. The van der Waals surface area contributed by atoms with E-state index in [-0.39, 0.29) is 36.1 Å². The fraction of sp³-hybridized carbons (Fsp3) is 0.600. The molecule has 3 N–H and O–H groups in total. The van der Waals surface area contributed by atoms with Crippen LogP contribution in [-0.4, -0.2) is 61.2 Å². The first-order chi connectivity index (χ1) is 20.2. The molecule has 11 nitrogen and oxygen atoms in total. The van der Waals surface area contributed by atoms with E-state index in [0.29, 0.717) is 38.6 Å². The van der Waals surface area contributed by atoms with Gasteiger partial charge in [-0.1, -0.05) is 25.0 Å². The molecule has 4 atom stereocenters. The monoisotopic (exact) mass is 620 g/mol. The summed E-state index contributed by atoms with van der Waals surface area (Å²) in [6, 6.07) is 2.97. The molecule has 2 aliphatic heterocycles. The minimum atomic E-state index is -4.37. The van der Waals surface area contributed by atoms with E-state index < -0.39 is 51.1 Å². The van der Waals surface area contributed by atoms with Crippen molar-refractivity contribution in [3.05, 3.63) is 42.2 Å². The lowest BCUT2D eigenvalue weighted by Crippen LogP contribution is -2.53. The van der Waals surface area contributed by atoms with Crippen molar-refractivity contribution in [3.63, 3.8) is 0 Å². The molecule has 1 saturated carbocycles. The number of alkyl carbamates (subject to hydrolysis) is 1. The summed E-state index contributed by atoms with van der Waals surface area (Å²) in [5, 5.41) is 2.70. The Morgan fingerprint density at radius 1 is 1.05 bits per heavy atom. The highest BCUT2D eigenvalue weighted by Crippen LogP contribution is 2.57. The normalized spacial score (nSPS) is 27.5. The molecule has 1 aromatic carbocycles. The van der Waals surface area contributed by atoms with Gasteiger partial charge in [-0.25, -0.2) is 13.9 Å².